The van der Waals surface area contributed by atoms with Crippen molar-refractivity contribution in [3.05, 3.63) is 24.3 Å². The average Bonchev–Trinajstić information content (AvgIpc) is 2.17. The predicted octanol–water partition coefficient (Wildman–Crippen LogP) is 1.47. The van der Waals surface area contributed by atoms with Crippen molar-refractivity contribution in [2.24, 2.45) is 0 Å². The minimum atomic E-state index is -3.03. The van der Waals surface area contributed by atoms with E-state index in [-0.39, 0.29) is 17.6 Å². The van der Waals surface area contributed by atoms with Gasteiger partial charge in [-0.25, -0.2) is 8.42 Å². The van der Waals surface area contributed by atoms with Gasteiger partial charge in [-0.2, -0.15) is 0 Å². The maximum absolute atomic E-state index is 11.5. The van der Waals surface area contributed by atoms with E-state index in [9.17, 15) is 8.42 Å². The third-order valence-electron chi connectivity index (χ3n) is 2.21. The van der Waals surface area contributed by atoms with Crippen LogP contribution in [0.5, 0.6) is 5.75 Å². The van der Waals surface area contributed by atoms with Crippen LogP contribution < -0.4 is 10.5 Å². The largest absolute Gasteiger partial charge is 0.492 e. The standard InChI is InChI=1S/C11H17NO3S/c1-9(2)16(13,14)7-6-15-11-5-3-4-10(12)8-11/h3-5,8-9H,6-7,12H2,1-2H3. The number of ether oxygens (including phenoxy) is 1. The number of nitrogen functional groups attached to an aromatic ring is 1. The summed E-state index contributed by atoms with van der Waals surface area (Å²) in [6.45, 7) is 3.48. The molecule has 0 aliphatic rings. The monoisotopic (exact) mass is 243 g/mol. The molecule has 0 unspecified atom stereocenters. The van der Waals surface area contributed by atoms with Crippen LogP contribution in [0.4, 0.5) is 5.69 Å². The first kappa shape index (κ1) is 12.8. The quantitative estimate of drug-likeness (QED) is 0.795. The van der Waals surface area contributed by atoms with Crippen molar-refractivity contribution in [1.82, 2.24) is 0 Å². The summed E-state index contributed by atoms with van der Waals surface area (Å²) in [5.41, 5.74) is 6.17. The molecule has 4 nitrogen and oxygen atoms in total. The number of sulfone groups is 1. The Hall–Kier alpha value is -1.23. The van der Waals surface area contributed by atoms with Gasteiger partial charge in [0.25, 0.3) is 0 Å². The topological polar surface area (TPSA) is 69.4 Å². The zero-order valence-corrected chi connectivity index (χ0v) is 10.3. The van der Waals surface area contributed by atoms with E-state index in [0.717, 1.165) is 0 Å². The molecule has 0 saturated carbocycles. The lowest BCUT2D eigenvalue weighted by molar-refractivity contribution is 0.340. The van der Waals surface area contributed by atoms with Gasteiger partial charge in [0.05, 0.1) is 11.0 Å². The summed E-state index contributed by atoms with van der Waals surface area (Å²) in [5, 5.41) is -0.364. The molecule has 0 amide bonds. The van der Waals surface area contributed by atoms with Crippen LogP contribution in [0.15, 0.2) is 24.3 Å². The van der Waals surface area contributed by atoms with Crippen molar-refractivity contribution in [2.75, 3.05) is 18.1 Å². The second-order valence-corrected chi connectivity index (χ2v) is 6.51. The van der Waals surface area contributed by atoms with E-state index in [4.69, 9.17) is 10.5 Å². The van der Waals surface area contributed by atoms with Crippen LogP contribution in [0.3, 0.4) is 0 Å². The maximum Gasteiger partial charge on any atom is 0.155 e. The molecule has 0 fully saturated rings. The SMILES string of the molecule is CC(C)S(=O)(=O)CCOc1cccc(N)c1. The number of benzene rings is 1. The maximum atomic E-state index is 11.5. The number of hydrogen-bond acceptors (Lipinski definition) is 4. The van der Waals surface area contributed by atoms with Gasteiger partial charge in [-0.3, -0.25) is 0 Å². The summed E-state index contributed by atoms with van der Waals surface area (Å²) in [5.74, 6) is 0.624. The van der Waals surface area contributed by atoms with Crippen LogP contribution in [0.1, 0.15) is 13.8 Å². The molecule has 0 aliphatic carbocycles. The fraction of sp³-hybridized carbons (Fsp3) is 0.455. The molecule has 2 N–H and O–H groups in total. The zero-order chi connectivity index (χ0) is 12.2. The second kappa shape index (κ2) is 5.21. The molecule has 1 rings (SSSR count). The van der Waals surface area contributed by atoms with Crippen molar-refractivity contribution in [2.45, 2.75) is 19.1 Å². The number of anilines is 1. The Bertz CT molecular complexity index is 440. The van der Waals surface area contributed by atoms with Crippen LogP contribution in [-0.4, -0.2) is 26.0 Å². The highest BCUT2D eigenvalue weighted by atomic mass is 32.2. The molecule has 0 spiro atoms. The van der Waals surface area contributed by atoms with E-state index in [1.807, 2.05) is 0 Å². The Morgan fingerprint density at radius 1 is 1.38 bits per heavy atom. The Morgan fingerprint density at radius 2 is 2.06 bits per heavy atom. The molecular formula is C11H17NO3S. The molecule has 0 atom stereocenters. The molecule has 1 aromatic carbocycles. The van der Waals surface area contributed by atoms with E-state index in [1.54, 1.807) is 38.1 Å². The molecule has 1 aromatic rings. The van der Waals surface area contributed by atoms with Crippen molar-refractivity contribution in [3.8, 4) is 5.75 Å². The highest BCUT2D eigenvalue weighted by molar-refractivity contribution is 7.91. The van der Waals surface area contributed by atoms with E-state index >= 15 is 0 Å². The van der Waals surface area contributed by atoms with Gasteiger partial charge in [-0.05, 0) is 26.0 Å². The molecule has 90 valence electrons. The molecule has 5 heteroatoms. The minimum Gasteiger partial charge on any atom is -0.492 e. The summed E-state index contributed by atoms with van der Waals surface area (Å²) >= 11 is 0. The van der Waals surface area contributed by atoms with Crippen molar-refractivity contribution in [3.63, 3.8) is 0 Å². The lowest BCUT2D eigenvalue weighted by Gasteiger charge is -2.09. The molecular weight excluding hydrogens is 226 g/mol. The third-order valence-corrected chi connectivity index (χ3v) is 4.39. The Kier molecular flexibility index (Phi) is 4.18. The highest BCUT2D eigenvalue weighted by Gasteiger charge is 2.15. The van der Waals surface area contributed by atoms with E-state index in [2.05, 4.69) is 0 Å². The van der Waals surface area contributed by atoms with Gasteiger partial charge < -0.3 is 10.5 Å². The highest BCUT2D eigenvalue weighted by Crippen LogP contribution is 2.14. The molecule has 0 aromatic heterocycles. The van der Waals surface area contributed by atoms with Gasteiger partial charge in [0.15, 0.2) is 9.84 Å². The van der Waals surface area contributed by atoms with Crippen LogP contribution >= 0.6 is 0 Å². The molecule has 16 heavy (non-hydrogen) atoms. The van der Waals surface area contributed by atoms with Gasteiger partial charge in [0.1, 0.15) is 12.4 Å². The molecule has 0 bridgehead atoms. The number of hydrogen-bond donors (Lipinski definition) is 1. The first-order valence-corrected chi connectivity index (χ1v) is 6.83. The Morgan fingerprint density at radius 3 is 2.62 bits per heavy atom. The van der Waals surface area contributed by atoms with Crippen molar-refractivity contribution < 1.29 is 13.2 Å². The molecule has 0 radical (unpaired) electrons. The first-order valence-electron chi connectivity index (χ1n) is 5.12. The Balaban J connectivity index is 2.48. The van der Waals surface area contributed by atoms with E-state index < -0.39 is 9.84 Å². The van der Waals surface area contributed by atoms with Crippen molar-refractivity contribution in [1.29, 1.82) is 0 Å². The van der Waals surface area contributed by atoms with Crippen LogP contribution in [0.25, 0.3) is 0 Å². The van der Waals surface area contributed by atoms with Crippen LogP contribution in [0, 0.1) is 0 Å². The van der Waals surface area contributed by atoms with Crippen LogP contribution in [-0.2, 0) is 9.84 Å². The van der Waals surface area contributed by atoms with Crippen molar-refractivity contribution >= 4 is 15.5 Å². The fourth-order valence-corrected chi connectivity index (χ4v) is 1.90. The van der Waals surface area contributed by atoms with Gasteiger partial charge in [-0.1, -0.05) is 6.07 Å². The Labute approximate surface area is 96.3 Å². The normalized spacial score (nSPS) is 11.7. The van der Waals surface area contributed by atoms with Gasteiger partial charge in [0.2, 0.25) is 0 Å². The first-order chi connectivity index (χ1) is 7.42. The summed E-state index contributed by atoms with van der Waals surface area (Å²) in [6.07, 6.45) is 0. The van der Waals surface area contributed by atoms with E-state index in [1.165, 1.54) is 0 Å². The fourth-order valence-electron chi connectivity index (χ4n) is 1.12. The lowest BCUT2D eigenvalue weighted by Crippen LogP contribution is -2.22. The molecule has 0 saturated heterocycles. The average molecular weight is 243 g/mol. The minimum absolute atomic E-state index is 0.0272. The number of rotatable bonds is 5. The molecule has 0 aliphatic heterocycles. The third kappa shape index (κ3) is 3.73. The summed E-state index contributed by atoms with van der Waals surface area (Å²) in [7, 11) is -3.03. The summed E-state index contributed by atoms with van der Waals surface area (Å²) < 4.78 is 28.3. The predicted molar refractivity (Wildman–Crippen MR) is 65.3 cm³/mol. The zero-order valence-electron chi connectivity index (χ0n) is 9.51. The van der Waals surface area contributed by atoms with Crippen LogP contribution in [0.2, 0.25) is 0 Å². The summed E-state index contributed by atoms with van der Waals surface area (Å²) in [4.78, 5) is 0. The number of nitrogens with two attached hydrogens (primary N) is 1. The van der Waals surface area contributed by atoms with E-state index in [0.29, 0.717) is 11.4 Å². The smallest absolute Gasteiger partial charge is 0.155 e. The lowest BCUT2D eigenvalue weighted by atomic mass is 10.3. The van der Waals surface area contributed by atoms with Gasteiger partial charge in [0, 0.05) is 11.8 Å². The van der Waals surface area contributed by atoms with Gasteiger partial charge in [-0.15, -0.1) is 0 Å². The summed E-state index contributed by atoms with van der Waals surface area (Å²) in [6, 6.07) is 6.93. The molecule has 0 heterocycles. The van der Waals surface area contributed by atoms with Gasteiger partial charge >= 0.3 is 0 Å². The second-order valence-electron chi connectivity index (χ2n) is 3.84.